The van der Waals surface area contributed by atoms with Crippen LogP contribution in [0.5, 0.6) is 5.75 Å². The van der Waals surface area contributed by atoms with Gasteiger partial charge in [-0.1, -0.05) is 19.1 Å². The minimum atomic E-state index is -4.28. The average Bonchev–Trinajstić information content (AvgIpc) is 2.36. The zero-order chi connectivity index (χ0) is 15.9. The molecule has 1 unspecified atom stereocenters. The number of para-hydroxylation sites is 2. The van der Waals surface area contributed by atoms with E-state index in [4.69, 9.17) is 10.5 Å². The Kier molecular flexibility index (Phi) is 6.77. The van der Waals surface area contributed by atoms with E-state index in [1.807, 2.05) is 0 Å². The van der Waals surface area contributed by atoms with Crippen LogP contribution in [-0.2, 0) is 0 Å². The quantitative estimate of drug-likeness (QED) is 0.724. The largest absolute Gasteiger partial charge is 0.489 e. The Morgan fingerprint density at radius 3 is 2.57 bits per heavy atom. The summed E-state index contributed by atoms with van der Waals surface area (Å²) in [4.78, 5) is 1.17. The normalized spacial score (nSPS) is 13.4. The first-order valence-electron chi connectivity index (χ1n) is 6.76. The van der Waals surface area contributed by atoms with Crippen LogP contribution in [0.2, 0.25) is 0 Å². The van der Waals surface area contributed by atoms with E-state index in [0.717, 1.165) is 0 Å². The first kappa shape index (κ1) is 17.6. The van der Waals surface area contributed by atoms with Crippen molar-refractivity contribution in [3.8, 4) is 5.75 Å². The number of aliphatic hydroxyl groups excluding tert-OH is 1. The molecule has 0 saturated carbocycles. The molecule has 0 fully saturated rings. The van der Waals surface area contributed by atoms with Crippen molar-refractivity contribution in [2.45, 2.75) is 25.6 Å². The highest BCUT2D eigenvalue weighted by Crippen LogP contribution is 2.20. The Hall–Kier alpha value is -1.47. The topological polar surface area (TPSA) is 58.7 Å². The second kappa shape index (κ2) is 8.09. The third-order valence-corrected chi connectivity index (χ3v) is 2.76. The van der Waals surface area contributed by atoms with Gasteiger partial charge >= 0.3 is 6.18 Å². The molecule has 1 rings (SSSR count). The standard InChI is InChI=1S/C14H21F3N2O2/c1-2-7-19(10-14(15,16)17)8-11(20)9-21-13-6-4-3-5-12(13)18/h3-6,11,20H,2,7-10,18H2,1H3. The van der Waals surface area contributed by atoms with Crippen LogP contribution in [0.25, 0.3) is 0 Å². The van der Waals surface area contributed by atoms with E-state index >= 15 is 0 Å². The fourth-order valence-electron chi connectivity index (χ4n) is 1.95. The summed E-state index contributed by atoms with van der Waals surface area (Å²) in [5.74, 6) is 0.411. The lowest BCUT2D eigenvalue weighted by molar-refractivity contribution is -0.149. The second-order valence-electron chi connectivity index (χ2n) is 4.85. The number of nitrogens with two attached hydrogens (primary N) is 1. The highest BCUT2D eigenvalue weighted by Gasteiger charge is 2.31. The molecule has 120 valence electrons. The Labute approximate surface area is 122 Å². The summed E-state index contributed by atoms with van der Waals surface area (Å²) in [5, 5.41) is 9.82. The van der Waals surface area contributed by atoms with E-state index in [2.05, 4.69) is 0 Å². The molecule has 1 aromatic carbocycles. The summed E-state index contributed by atoms with van der Waals surface area (Å²) < 4.78 is 42.6. The molecule has 1 aromatic rings. The summed E-state index contributed by atoms with van der Waals surface area (Å²) in [5.41, 5.74) is 6.09. The zero-order valence-electron chi connectivity index (χ0n) is 11.9. The minimum absolute atomic E-state index is 0.0971. The van der Waals surface area contributed by atoms with Gasteiger partial charge in [-0.2, -0.15) is 13.2 Å². The molecule has 0 aliphatic carbocycles. The third-order valence-electron chi connectivity index (χ3n) is 2.76. The minimum Gasteiger partial charge on any atom is -0.489 e. The van der Waals surface area contributed by atoms with Crippen LogP contribution < -0.4 is 10.5 Å². The maximum absolute atomic E-state index is 12.4. The average molecular weight is 306 g/mol. The van der Waals surface area contributed by atoms with E-state index in [1.165, 1.54) is 4.90 Å². The Morgan fingerprint density at radius 1 is 1.33 bits per heavy atom. The monoisotopic (exact) mass is 306 g/mol. The smallest absolute Gasteiger partial charge is 0.401 e. The van der Waals surface area contributed by atoms with Gasteiger partial charge in [-0.25, -0.2) is 0 Å². The molecule has 0 saturated heterocycles. The highest BCUT2D eigenvalue weighted by atomic mass is 19.4. The van der Waals surface area contributed by atoms with Crippen molar-refractivity contribution in [2.75, 3.05) is 32.0 Å². The molecule has 0 bridgehead atoms. The van der Waals surface area contributed by atoms with Gasteiger partial charge in [0.05, 0.1) is 12.2 Å². The number of nitrogen functional groups attached to an aromatic ring is 1. The molecule has 0 radical (unpaired) electrons. The van der Waals surface area contributed by atoms with Crippen molar-refractivity contribution in [3.63, 3.8) is 0 Å². The van der Waals surface area contributed by atoms with Crippen molar-refractivity contribution < 1.29 is 23.0 Å². The van der Waals surface area contributed by atoms with Crippen molar-refractivity contribution in [3.05, 3.63) is 24.3 Å². The van der Waals surface area contributed by atoms with Crippen molar-refractivity contribution in [2.24, 2.45) is 0 Å². The second-order valence-corrected chi connectivity index (χ2v) is 4.85. The summed E-state index contributed by atoms with van der Waals surface area (Å²) in [6.07, 6.45) is -4.71. The summed E-state index contributed by atoms with van der Waals surface area (Å²) >= 11 is 0. The zero-order valence-corrected chi connectivity index (χ0v) is 11.9. The first-order valence-corrected chi connectivity index (χ1v) is 6.76. The molecule has 3 N–H and O–H groups in total. The van der Waals surface area contributed by atoms with Crippen LogP contribution in [0.4, 0.5) is 18.9 Å². The number of hydrogen-bond acceptors (Lipinski definition) is 4. The van der Waals surface area contributed by atoms with Crippen LogP contribution >= 0.6 is 0 Å². The molecule has 0 heterocycles. The Bertz CT molecular complexity index is 427. The number of nitrogens with zero attached hydrogens (tertiary/aromatic N) is 1. The van der Waals surface area contributed by atoms with Gasteiger partial charge in [0, 0.05) is 6.54 Å². The highest BCUT2D eigenvalue weighted by molar-refractivity contribution is 5.51. The van der Waals surface area contributed by atoms with E-state index in [0.29, 0.717) is 17.9 Å². The predicted molar refractivity (Wildman–Crippen MR) is 75.1 cm³/mol. The van der Waals surface area contributed by atoms with Gasteiger partial charge in [0.15, 0.2) is 0 Å². The lowest BCUT2D eigenvalue weighted by Gasteiger charge is -2.25. The number of hydrogen-bond donors (Lipinski definition) is 2. The molecule has 0 aromatic heterocycles. The van der Waals surface area contributed by atoms with Gasteiger partial charge < -0.3 is 15.6 Å². The lowest BCUT2D eigenvalue weighted by atomic mass is 10.3. The van der Waals surface area contributed by atoms with Gasteiger partial charge in [0.1, 0.15) is 18.5 Å². The van der Waals surface area contributed by atoms with E-state index in [-0.39, 0.29) is 19.7 Å². The van der Waals surface area contributed by atoms with E-state index < -0.39 is 18.8 Å². The van der Waals surface area contributed by atoms with Gasteiger partial charge in [-0.05, 0) is 25.1 Å². The van der Waals surface area contributed by atoms with Crippen molar-refractivity contribution in [1.29, 1.82) is 0 Å². The molecule has 1 atom stereocenters. The fraction of sp³-hybridized carbons (Fsp3) is 0.571. The number of rotatable bonds is 8. The van der Waals surface area contributed by atoms with Gasteiger partial charge in [0.25, 0.3) is 0 Å². The lowest BCUT2D eigenvalue weighted by Crippen LogP contribution is -2.41. The number of alkyl halides is 3. The summed E-state index contributed by atoms with van der Waals surface area (Å²) in [7, 11) is 0. The number of halogens is 3. The third kappa shape index (κ3) is 7.19. The van der Waals surface area contributed by atoms with Gasteiger partial charge in [-0.15, -0.1) is 0 Å². The maximum atomic E-state index is 12.4. The summed E-state index contributed by atoms with van der Waals surface area (Å²) in [6.45, 7) is 0.818. The first-order chi connectivity index (χ1) is 9.81. The molecule has 0 aliphatic rings. The SMILES string of the molecule is CCCN(CC(O)COc1ccccc1N)CC(F)(F)F. The molecule has 0 amide bonds. The van der Waals surface area contributed by atoms with Crippen LogP contribution in [-0.4, -0.2) is 48.5 Å². The molecule has 21 heavy (non-hydrogen) atoms. The molecular weight excluding hydrogens is 285 g/mol. The number of anilines is 1. The molecule has 7 heteroatoms. The van der Waals surface area contributed by atoms with Gasteiger partial charge in [-0.3, -0.25) is 4.90 Å². The summed E-state index contributed by atoms with van der Waals surface area (Å²) in [6, 6.07) is 6.76. The molecular formula is C14H21F3N2O2. The number of aliphatic hydroxyl groups is 1. The van der Waals surface area contributed by atoms with Crippen LogP contribution in [0.3, 0.4) is 0 Å². The predicted octanol–water partition coefficient (Wildman–Crippen LogP) is 2.28. The molecule has 4 nitrogen and oxygen atoms in total. The van der Waals surface area contributed by atoms with Crippen LogP contribution in [0.1, 0.15) is 13.3 Å². The Morgan fingerprint density at radius 2 is 2.00 bits per heavy atom. The van der Waals surface area contributed by atoms with Crippen LogP contribution in [0, 0.1) is 0 Å². The maximum Gasteiger partial charge on any atom is 0.401 e. The molecule has 0 spiro atoms. The number of benzene rings is 1. The Balaban J connectivity index is 2.46. The molecule has 0 aliphatic heterocycles. The van der Waals surface area contributed by atoms with Crippen LogP contribution in [0.15, 0.2) is 24.3 Å². The van der Waals surface area contributed by atoms with Crippen molar-refractivity contribution in [1.82, 2.24) is 4.90 Å². The van der Waals surface area contributed by atoms with E-state index in [1.54, 1.807) is 31.2 Å². The van der Waals surface area contributed by atoms with Crippen molar-refractivity contribution >= 4 is 5.69 Å². The van der Waals surface area contributed by atoms with E-state index in [9.17, 15) is 18.3 Å². The fourth-order valence-corrected chi connectivity index (χ4v) is 1.95. The van der Waals surface area contributed by atoms with Gasteiger partial charge in [0.2, 0.25) is 0 Å². The number of ether oxygens (including phenoxy) is 1.